The largest absolute Gasteiger partial charge is 0.350 e. The van der Waals surface area contributed by atoms with Crippen molar-refractivity contribution in [2.75, 3.05) is 13.1 Å². The smallest absolute Gasteiger partial charge is 0.243 e. The third kappa shape index (κ3) is 8.76. The molecule has 2 amide bonds. The lowest BCUT2D eigenvalue weighted by Gasteiger charge is -2.32. The molecule has 0 radical (unpaired) electrons. The molecule has 0 aliphatic carbocycles. The molecule has 1 aliphatic rings. The molecule has 10 heteroatoms. The van der Waals surface area contributed by atoms with Crippen LogP contribution in [-0.4, -0.2) is 48.6 Å². The van der Waals surface area contributed by atoms with Crippen molar-refractivity contribution in [2.24, 2.45) is 0 Å². The summed E-state index contributed by atoms with van der Waals surface area (Å²) in [5, 5.41) is 4.14. The SMILES string of the molecule is O=C(NCc1ccccc1Cl)[C@H](Cc1ccccc1)N(Cc1ccc(Cl)cc1)C(=O)CCc1ccc(S(=O)(=O)N2CCCC2)cc1. The van der Waals surface area contributed by atoms with Crippen molar-refractivity contribution in [3.63, 3.8) is 0 Å². The van der Waals surface area contributed by atoms with Gasteiger partial charge in [0.2, 0.25) is 21.8 Å². The van der Waals surface area contributed by atoms with Crippen LogP contribution in [0.2, 0.25) is 10.0 Å². The molecule has 7 nitrogen and oxygen atoms in total. The Balaban J connectivity index is 1.37. The summed E-state index contributed by atoms with van der Waals surface area (Å²) in [5.41, 5.74) is 3.37. The molecule has 0 spiro atoms. The van der Waals surface area contributed by atoms with Gasteiger partial charge in [0.05, 0.1) is 4.90 Å². The van der Waals surface area contributed by atoms with E-state index in [1.165, 1.54) is 4.31 Å². The number of rotatable bonds is 13. The van der Waals surface area contributed by atoms with Crippen LogP contribution in [0.25, 0.3) is 0 Å². The highest BCUT2D eigenvalue weighted by molar-refractivity contribution is 7.89. The maximum absolute atomic E-state index is 14.0. The van der Waals surface area contributed by atoms with Gasteiger partial charge in [0.25, 0.3) is 0 Å². The fourth-order valence-corrected chi connectivity index (χ4v) is 7.43. The summed E-state index contributed by atoms with van der Waals surface area (Å²) in [4.78, 5) is 29.8. The van der Waals surface area contributed by atoms with Gasteiger partial charge < -0.3 is 10.2 Å². The first-order chi connectivity index (χ1) is 22.2. The minimum absolute atomic E-state index is 0.134. The van der Waals surface area contributed by atoms with Gasteiger partial charge in [-0.3, -0.25) is 9.59 Å². The molecule has 46 heavy (non-hydrogen) atoms. The molecule has 0 saturated carbocycles. The first-order valence-corrected chi connectivity index (χ1v) is 17.6. The first-order valence-electron chi connectivity index (χ1n) is 15.4. The molecule has 0 unspecified atom stereocenters. The number of sulfonamides is 1. The summed E-state index contributed by atoms with van der Waals surface area (Å²) in [5.74, 6) is -0.486. The number of nitrogens with zero attached hydrogens (tertiary/aromatic N) is 2. The van der Waals surface area contributed by atoms with Crippen LogP contribution in [0.4, 0.5) is 0 Å². The highest BCUT2D eigenvalue weighted by atomic mass is 35.5. The Kier molecular flexibility index (Phi) is 11.5. The van der Waals surface area contributed by atoms with E-state index in [2.05, 4.69) is 5.32 Å². The monoisotopic (exact) mass is 677 g/mol. The van der Waals surface area contributed by atoms with Crippen molar-refractivity contribution in [1.29, 1.82) is 0 Å². The number of hydrogen-bond acceptors (Lipinski definition) is 4. The second-order valence-corrected chi connectivity index (χ2v) is 14.2. The van der Waals surface area contributed by atoms with Crippen LogP contribution in [0, 0.1) is 0 Å². The number of amides is 2. The first kappa shape index (κ1) is 33.7. The van der Waals surface area contributed by atoms with Crippen LogP contribution in [0.5, 0.6) is 0 Å². The van der Waals surface area contributed by atoms with Crippen molar-refractivity contribution in [2.45, 2.75) is 56.1 Å². The molecule has 1 N–H and O–H groups in total. The van der Waals surface area contributed by atoms with Crippen molar-refractivity contribution < 1.29 is 18.0 Å². The lowest BCUT2D eigenvalue weighted by atomic mass is 10.0. The number of carbonyl (C=O) groups is 2. The average Bonchev–Trinajstić information content (AvgIpc) is 3.63. The van der Waals surface area contributed by atoms with Crippen molar-refractivity contribution in [3.8, 4) is 0 Å². The maximum Gasteiger partial charge on any atom is 0.243 e. The van der Waals surface area contributed by atoms with Crippen molar-refractivity contribution >= 4 is 45.0 Å². The highest BCUT2D eigenvalue weighted by Gasteiger charge is 2.31. The Morgan fingerprint density at radius 3 is 2.09 bits per heavy atom. The van der Waals surface area contributed by atoms with Gasteiger partial charge in [0.15, 0.2) is 0 Å². The molecule has 240 valence electrons. The van der Waals surface area contributed by atoms with Gasteiger partial charge in [-0.05, 0) is 71.8 Å². The van der Waals surface area contributed by atoms with E-state index in [1.807, 2.05) is 60.7 Å². The Bertz CT molecular complexity index is 1730. The third-order valence-corrected chi connectivity index (χ3v) is 10.7. The minimum atomic E-state index is -3.52. The predicted molar refractivity (Wildman–Crippen MR) is 182 cm³/mol. The van der Waals surface area contributed by atoms with Gasteiger partial charge in [0, 0.05) is 49.1 Å². The standard InChI is InChI=1S/C36H37Cl2N3O4S/c37-31-17-12-29(13-18-31)26-41(35(42)21-16-27-14-19-32(20-15-27)46(44,45)40-22-6-7-23-40)34(24-28-8-2-1-3-9-28)36(43)39-25-30-10-4-5-11-33(30)38/h1-5,8-15,17-20,34H,6-7,16,21-26H2,(H,39,43)/t34-/m0/s1. The highest BCUT2D eigenvalue weighted by Crippen LogP contribution is 2.23. The molecule has 1 aliphatic heterocycles. The van der Waals surface area contributed by atoms with Crippen LogP contribution in [0.3, 0.4) is 0 Å². The molecule has 1 atom stereocenters. The summed E-state index contributed by atoms with van der Waals surface area (Å²) in [6, 6.07) is 30.1. The molecule has 1 saturated heterocycles. The molecule has 4 aromatic carbocycles. The summed E-state index contributed by atoms with van der Waals surface area (Å²) >= 11 is 12.5. The van der Waals surface area contributed by atoms with Crippen molar-refractivity contribution in [1.82, 2.24) is 14.5 Å². The Morgan fingerprint density at radius 2 is 1.41 bits per heavy atom. The van der Waals surface area contributed by atoms with E-state index >= 15 is 0 Å². The summed E-state index contributed by atoms with van der Waals surface area (Å²) < 4.78 is 27.4. The summed E-state index contributed by atoms with van der Waals surface area (Å²) in [6.07, 6.45) is 2.58. The Morgan fingerprint density at radius 1 is 0.783 bits per heavy atom. The van der Waals surface area contributed by atoms with Gasteiger partial charge in [-0.15, -0.1) is 0 Å². The normalized spacial score (nSPS) is 14.1. The van der Waals surface area contributed by atoms with Crippen LogP contribution < -0.4 is 5.32 Å². The van der Waals surface area contributed by atoms with E-state index in [0.29, 0.717) is 36.0 Å². The topological polar surface area (TPSA) is 86.8 Å². The molecule has 5 rings (SSSR count). The van der Waals surface area contributed by atoms with Gasteiger partial charge in [0.1, 0.15) is 6.04 Å². The molecule has 4 aromatic rings. The number of aryl methyl sites for hydroxylation is 1. The summed E-state index contributed by atoms with van der Waals surface area (Å²) in [7, 11) is -3.52. The van der Waals surface area contributed by atoms with E-state index in [-0.39, 0.29) is 36.2 Å². The van der Waals surface area contributed by atoms with Crippen LogP contribution in [0.1, 0.15) is 41.5 Å². The lowest BCUT2D eigenvalue weighted by molar-refractivity contribution is -0.141. The number of benzene rings is 4. The van der Waals surface area contributed by atoms with Crippen LogP contribution in [0.15, 0.2) is 108 Å². The fraction of sp³-hybridized carbons (Fsp3) is 0.278. The van der Waals surface area contributed by atoms with Gasteiger partial charge in [-0.1, -0.05) is 96.0 Å². The van der Waals surface area contributed by atoms with Gasteiger partial charge in [-0.25, -0.2) is 8.42 Å². The van der Waals surface area contributed by atoms with Crippen LogP contribution in [-0.2, 0) is 45.5 Å². The number of carbonyl (C=O) groups excluding carboxylic acids is 2. The predicted octanol–water partition coefficient (Wildman–Crippen LogP) is 6.67. The minimum Gasteiger partial charge on any atom is -0.350 e. The lowest BCUT2D eigenvalue weighted by Crippen LogP contribution is -2.50. The van der Waals surface area contributed by atoms with E-state index < -0.39 is 16.1 Å². The Hall–Kier alpha value is -3.69. The summed E-state index contributed by atoms with van der Waals surface area (Å²) in [6.45, 7) is 1.51. The van der Waals surface area contributed by atoms with E-state index in [9.17, 15) is 18.0 Å². The zero-order valence-corrected chi connectivity index (χ0v) is 27.8. The fourth-order valence-electron chi connectivity index (χ4n) is 5.58. The number of halogens is 2. The third-order valence-electron chi connectivity index (χ3n) is 8.20. The van der Waals surface area contributed by atoms with E-state index in [0.717, 1.165) is 35.1 Å². The molecular formula is C36H37Cl2N3O4S. The molecule has 0 bridgehead atoms. The van der Waals surface area contributed by atoms with Gasteiger partial charge >= 0.3 is 0 Å². The maximum atomic E-state index is 14.0. The van der Waals surface area contributed by atoms with Gasteiger partial charge in [-0.2, -0.15) is 4.31 Å². The zero-order chi connectivity index (χ0) is 32.5. The van der Waals surface area contributed by atoms with E-state index in [4.69, 9.17) is 23.2 Å². The molecule has 1 heterocycles. The number of nitrogens with one attached hydrogen (secondary N) is 1. The molecule has 0 aromatic heterocycles. The zero-order valence-electron chi connectivity index (χ0n) is 25.4. The van der Waals surface area contributed by atoms with Crippen LogP contribution >= 0.6 is 23.2 Å². The Labute approximate surface area is 281 Å². The van der Waals surface area contributed by atoms with E-state index in [1.54, 1.807) is 47.4 Å². The molecule has 1 fully saturated rings. The second kappa shape index (κ2) is 15.7. The number of hydrogen-bond donors (Lipinski definition) is 1. The molecular weight excluding hydrogens is 641 g/mol. The average molecular weight is 679 g/mol. The second-order valence-electron chi connectivity index (χ2n) is 11.4. The van der Waals surface area contributed by atoms with Crippen molar-refractivity contribution in [3.05, 3.63) is 135 Å². The quantitative estimate of drug-likeness (QED) is 0.171.